The van der Waals surface area contributed by atoms with Gasteiger partial charge in [0.1, 0.15) is 12.4 Å². The van der Waals surface area contributed by atoms with Crippen molar-refractivity contribution in [2.45, 2.75) is 26.5 Å². The van der Waals surface area contributed by atoms with Gasteiger partial charge in [-0.1, -0.05) is 42.5 Å². The quantitative estimate of drug-likeness (QED) is 0.467. The summed E-state index contributed by atoms with van der Waals surface area (Å²) in [7, 11) is 0. The number of aromatic nitrogens is 1. The minimum Gasteiger partial charge on any atom is -0.490 e. The van der Waals surface area contributed by atoms with Crippen LogP contribution in [0, 0.1) is 0 Å². The highest BCUT2D eigenvalue weighted by Gasteiger charge is 2.32. The average Bonchev–Trinajstić information content (AvgIpc) is 2.84. The van der Waals surface area contributed by atoms with Crippen molar-refractivity contribution < 1.29 is 19.1 Å². The molecule has 0 fully saturated rings. The number of nitrogens with zero attached hydrogens (tertiary/aromatic N) is 1. The summed E-state index contributed by atoms with van der Waals surface area (Å²) in [5.74, 6) is 1.17. The topological polar surface area (TPSA) is 102 Å². The molecule has 4 rings (SSSR count). The molecule has 0 spiro atoms. The van der Waals surface area contributed by atoms with Crippen LogP contribution in [0.1, 0.15) is 31.0 Å². The molecule has 1 aromatic heterocycles. The van der Waals surface area contributed by atoms with Crippen molar-refractivity contribution in [1.82, 2.24) is 15.6 Å². The number of nitrogens with one attached hydrogen (secondary N) is 3. The Labute approximate surface area is 198 Å². The standard InChI is InChI=1S/C26H26N4O4/c1-3-33-21-15-19(12-13-20(21)34-16-18-9-5-4-6-10-18)24-23(17(2)28-26(32)30-24)25(31)29-22-11-7-8-14-27-22/h4-15,24H,3,16H2,1-2H3,(H,27,29,31)(H2,28,30,32). The van der Waals surface area contributed by atoms with Crippen LogP contribution in [0.5, 0.6) is 11.5 Å². The number of allylic oxidation sites excluding steroid dienone is 1. The summed E-state index contributed by atoms with van der Waals surface area (Å²) in [6.45, 7) is 4.41. The Morgan fingerprint density at radius 1 is 1.03 bits per heavy atom. The Bertz CT molecular complexity index is 1200. The lowest BCUT2D eigenvalue weighted by atomic mass is 9.94. The minimum atomic E-state index is -0.681. The molecule has 8 heteroatoms. The molecule has 3 amide bonds. The van der Waals surface area contributed by atoms with Crippen molar-refractivity contribution >= 4 is 17.8 Å². The zero-order valence-electron chi connectivity index (χ0n) is 19.0. The SMILES string of the molecule is CCOc1cc(C2NC(=O)NC(C)=C2C(=O)Nc2ccccn2)ccc1OCc1ccccc1. The summed E-state index contributed by atoms with van der Waals surface area (Å²) in [5, 5.41) is 8.31. The lowest BCUT2D eigenvalue weighted by Crippen LogP contribution is -2.46. The first-order valence-corrected chi connectivity index (χ1v) is 11.0. The Hall–Kier alpha value is -4.33. The van der Waals surface area contributed by atoms with Gasteiger partial charge in [-0.05, 0) is 49.2 Å². The van der Waals surface area contributed by atoms with E-state index in [0.29, 0.717) is 47.4 Å². The van der Waals surface area contributed by atoms with E-state index in [2.05, 4.69) is 20.9 Å². The van der Waals surface area contributed by atoms with Crippen LogP contribution in [0.2, 0.25) is 0 Å². The summed E-state index contributed by atoms with van der Waals surface area (Å²) in [6, 6.07) is 19.4. The molecule has 0 saturated carbocycles. The molecular formula is C26H26N4O4. The molecule has 0 radical (unpaired) electrons. The molecule has 1 unspecified atom stereocenters. The molecule has 0 bridgehead atoms. The van der Waals surface area contributed by atoms with Gasteiger partial charge in [0.2, 0.25) is 0 Å². The Morgan fingerprint density at radius 3 is 2.56 bits per heavy atom. The second kappa shape index (κ2) is 10.5. The van der Waals surface area contributed by atoms with Gasteiger partial charge >= 0.3 is 6.03 Å². The molecule has 0 aliphatic carbocycles. The summed E-state index contributed by atoms with van der Waals surface area (Å²) in [5.41, 5.74) is 2.57. The second-order valence-corrected chi connectivity index (χ2v) is 7.65. The third kappa shape index (κ3) is 5.35. The maximum absolute atomic E-state index is 13.1. The molecule has 1 atom stereocenters. The van der Waals surface area contributed by atoms with Crippen molar-refractivity contribution in [3.63, 3.8) is 0 Å². The Balaban J connectivity index is 1.62. The zero-order valence-corrected chi connectivity index (χ0v) is 19.0. The van der Waals surface area contributed by atoms with Crippen LogP contribution in [0.3, 0.4) is 0 Å². The smallest absolute Gasteiger partial charge is 0.319 e. The number of urea groups is 1. The van der Waals surface area contributed by atoms with Crippen molar-refractivity contribution in [2.24, 2.45) is 0 Å². The van der Waals surface area contributed by atoms with Gasteiger partial charge in [0.25, 0.3) is 5.91 Å². The zero-order chi connectivity index (χ0) is 23.9. The van der Waals surface area contributed by atoms with Crippen molar-refractivity contribution in [1.29, 1.82) is 0 Å². The van der Waals surface area contributed by atoms with Crippen LogP contribution in [-0.4, -0.2) is 23.5 Å². The van der Waals surface area contributed by atoms with E-state index >= 15 is 0 Å². The molecule has 34 heavy (non-hydrogen) atoms. The third-order valence-electron chi connectivity index (χ3n) is 5.26. The number of hydrogen-bond donors (Lipinski definition) is 3. The van der Waals surface area contributed by atoms with Gasteiger partial charge < -0.3 is 25.4 Å². The van der Waals surface area contributed by atoms with Gasteiger partial charge in [-0.2, -0.15) is 0 Å². The maximum atomic E-state index is 13.1. The molecule has 3 aromatic rings. The molecule has 2 aromatic carbocycles. The number of carbonyl (C=O) groups excluding carboxylic acids is 2. The molecule has 8 nitrogen and oxygen atoms in total. The summed E-state index contributed by atoms with van der Waals surface area (Å²) < 4.78 is 11.8. The maximum Gasteiger partial charge on any atom is 0.319 e. The van der Waals surface area contributed by atoms with Crippen molar-refractivity contribution in [2.75, 3.05) is 11.9 Å². The molecule has 2 heterocycles. The number of anilines is 1. The first-order chi connectivity index (χ1) is 16.5. The van der Waals surface area contributed by atoms with Crippen molar-refractivity contribution in [3.05, 3.63) is 95.3 Å². The van der Waals surface area contributed by atoms with Gasteiger partial charge in [-0.25, -0.2) is 9.78 Å². The molecular weight excluding hydrogens is 432 g/mol. The molecule has 174 valence electrons. The summed E-state index contributed by atoms with van der Waals surface area (Å²) in [6.07, 6.45) is 1.60. The molecule has 1 aliphatic heterocycles. The van der Waals surface area contributed by atoms with E-state index in [9.17, 15) is 9.59 Å². The molecule has 1 aliphatic rings. The van der Waals surface area contributed by atoms with E-state index in [4.69, 9.17) is 9.47 Å². The highest BCUT2D eigenvalue weighted by Crippen LogP contribution is 2.35. The Kier molecular flexibility index (Phi) is 7.07. The van der Waals surface area contributed by atoms with Gasteiger partial charge in [0.05, 0.1) is 18.2 Å². The number of hydrogen-bond acceptors (Lipinski definition) is 5. The minimum absolute atomic E-state index is 0.365. The number of pyridine rings is 1. The van der Waals surface area contributed by atoms with Crippen LogP contribution >= 0.6 is 0 Å². The fraction of sp³-hybridized carbons (Fsp3) is 0.192. The fourth-order valence-corrected chi connectivity index (χ4v) is 3.69. The van der Waals surface area contributed by atoms with E-state index in [1.165, 1.54) is 0 Å². The van der Waals surface area contributed by atoms with Crippen LogP contribution < -0.4 is 25.4 Å². The second-order valence-electron chi connectivity index (χ2n) is 7.65. The number of rotatable bonds is 8. The molecule has 3 N–H and O–H groups in total. The van der Waals surface area contributed by atoms with Crippen LogP contribution in [0.15, 0.2) is 84.2 Å². The van der Waals surface area contributed by atoms with E-state index in [1.807, 2.05) is 43.3 Å². The van der Waals surface area contributed by atoms with E-state index in [0.717, 1.165) is 5.56 Å². The van der Waals surface area contributed by atoms with E-state index < -0.39 is 6.04 Å². The Morgan fingerprint density at radius 2 is 1.82 bits per heavy atom. The van der Waals surface area contributed by atoms with Crippen LogP contribution in [0.4, 0.5) is 10.6 Å². The monoisotopic (exact) mass is 458 g/mol. The lowest BCUT2D eigenvalue weighted by molar-refractivity contribution is -0.113. The predicted octanol–water partition coefficient (Wildman–Crippen LogP) is 4.33. The highest BCUT2D eigenvalue weighted by molar-refractivity contribution is 6.06. The van der Waals surface area contributed by atoms with Gasteiger partial charge in [-0.3, -0.25) is 4.79 Å². The largest absolute Gasteiger partial charge is 0.490 e. The third-order valence-corrected chi connectivity index (χ3v) is 5.26. The van der Waals surface area contributed by atoms with E-state index in [1.54, 1.807) is 43.5 Å². The van der Waals surface area contributed by atoms with Crippen molar-refractivity contribution in [3.8, 4) is 11.5 Å². The van der Waals surface area contributed by atoms with E-state index in [-0.39, 0.29) is 11.9 Å². The highest BCUT2D eigenvalue weighted by atomic mass is 16.5. The number of benzene rings is 2. The number of amides is 3. The van der Waals surface area contributed by atoms with Crippen LogP contribution in [0.25, 0.3) is 0 Å². The predicted molar refractivity (Wildman–Crippen MR) is 128 cm³/mol. The lowest BCUT2D eigenvalue weighted by Gasteiger charge is -2.29. The van der Waals surface area contributed by atoms with Gasteiger partial charge in [0, 0.05) is 11.9 Å². The average molecular weight is 459 g/mol. The fourth-order valence-electron chi connectivity index (χ4n) is 3.69. The van der Waals surface area contributed by atoms with Crippen LogP contribution in [-0.2, 0) is 11.4 Å². The summed E-state index contributed by atoms with van der Waals surface area (Å²) in [4.78, 5) is 29.6. The summed E-state index contributed by atoms with van der Waals surface area (Å²) >= 11 is 0. The normalized spacial score (nSPS) is 15.2. The first kappa shape index (κ1) is 22.8. The van der Waals surface area contributed by atoms with Gasteiger partial charge in [0.15, 0.2) is 11.5 Å². The van der Waals surface area contributed by atoms with Gasteiger partial charge in [-0.15, -0.1) is 0 Å². The number of carbonyl (C=O) groups is 2. The first-order valence-electron chi connectivity index (χ1n) is 11.0. The number of ether oxygens (including phenoxy) is 2. The molecule has 0 saturated heterocycles.